The van der Waals surface area contributed by atoms with E-state index in [9.17, 15) is 13.2 Å². The highest BCUT2D eigenvalue weighted by atomic mass is 35.5. The van der Waals surface area contributed by atoms with Gasteiger partial charge >= 0.3 is 6.36 Å². The Balaban J connectivity index is 1.46. The van der Waals surface area contributed by atoms with Gasteiger partial charge in [-0.05, 0) is 49.4 Å². The number of hydrogen-bond acceptors (Lipinski definition) is 6. The Morgan fingerprint density at radius 1 is 1.12 bits per heavy atom. The third-order valence-electron chi connectivity index (χ3n) is 4.78. The number of hydrazine groups is 1. The molecule has 0 atom stereocenters. The topological polar surface area (TPSA) is 77.0 Å². The highest BCUT2D eigenvalue weighted by Crippen LogP contribution is 2.34. The third kappa shape index (κ3) is 5.71. The second-order valence-corrected chi connectivity index (χ2v) is 7.59. The summed E-state index contributed by atoms with van der Waals surface area (Å²) in [5.41, 5.74) is 11.5. The Bertz CT molecular complexity index is 1150. The molecule has 0 unspecified atom stereocenters. The van der Waals surface area contributed by atoms with Gasteiger partial charge in [0.05, 0.1) is 22.1 Å². The van der Waals surface area contributed by atoms with E-state index in [1.54, 1.807) is 18.2 Å². The number of benzene rings is 2. The van der Waals surface area contributed by atoms with Crippen LogP contribution in [-0.2, 0) is 6.54 Å². The molecule has 11 heteroatoms. The fraction of sp³-hybridized carbons (Fsp3) is 0.227. The zero-order valence-corrected chi connectivity index (χ0v) is 18.1. The maximum absolute atomic E-state index is 12.4. The molecule has 0 fully saturated rings. The van der Waals surface area contributed by atoms with E-state index in [2.05, 4.69) is 19.7 Å². The standard InChI is InChI=1S/C22H21ClF3N5O2/c23-18-11-15(29-31-14-28-13-20-19(31)7-10-30(20)9-2-8-27)5-6-21(18)32-16-3-1-4-17(12-16)33-22(24,25)26/h1,3-7,10-13,29H,2,8-9,14,27H2. The maximum Gasteiger partial charge on any atom is 0.573 e. The highest BCUT2D eigenvalue weighted by molar-refractivity contribution is 6.32. The SMILES string of the molecule is NCCCn1ccc2c1C=NCN2Nc1ccc(Oc2cccc(OC(F)(F)F)c2)c(Cl)c1. The third-order valence-corrected chi connectivity index (χ3v) is 5.07. The summed E-state index contributed by atoms with van der Waals surface area (Å²) in [7, 11) is 0. The van der Waals surface area contributed by atoms with E-state index in [0.29, 0.717) is 18.9 Å². The number of nitrogens with two attached hydrogens (primary N) is 1. The summed E-state index contributed by atoms with van der Waals surface area (Å²) in [5, 5.41) is 2.17. The van der Waals surface area contributed by atoms with E-state index in [1.807, 2.05) is 23.5 Å². The Morgan fingerprint density at radius 2 is 1.94 bits per heavy atom. The number of aryl methyl sites for hydroxylation is 1. The molecule has 2 heterocycles. The molecule has 0 radical (unpaired) electrons. The van der Waals surface area contributed by atoms with Crippen molar-refractivity contribution in [2.45, 2.75) is 19.3 Å². The molecule has 7 nitrogen and oxygen atoms in total. The number of hydrogen-bond donors (Lipinski definition) is 2. The molecule has 0 saturated heterocycles. The first kappa shape index (κ1) is 22.8. The lowest BCUT2D eigenvalue weighted by atomic mass is 10.3. The molecule has 0 bridgehead atoms. The molecule has 1 aliphatic heterocycles. The maximum atomic E-state index is 12.4. The molecule has 0 spiro atoms. The van der Waals surface area contributed by atoms with Gasteiger partial charge < -0.3 is 19.8 Å². The van der Waals surface area contributed by atoms with E-state index in [-0.39, 0.29) is 22.3 Å². The van der Waals surface area contributed by atoms with Gasteiger partial charge in [-0.25, -0.2) is 0 Å². The number of anilines is 2. The van der Waals surface area contributed by atoms with Gasteiger partial charge in [-0.15, -0.1) is 13.2 Å². The van der Waals surface area contributed by atoms with Crippen molar-refractivity contribution in [2.75, 3.05) is 23.6 Å². The summed E-state index contributed by atoms with van der Waals surface area (Å²) >= 11 is 6.36. The number of ether oxygens (including phenoxy) is 2. The summed E-state index contributed by atoms with van der Waals surface area (Å²) in [6.45, 7) is 1.83. The predicted molar refractivity (Wildman–Crippen MR) is 121 cm³/mol. The van der Waals surface area contributed by atoms with E-state index in [1.165, 1.54) is 18.2 Å². The molecular weight excluding hydrogens is 459 g/mol. The Kier molecular flexibility index (Phi) is 6.66. The van der Waals surface area contributed by atoms with Crippen molar-refractivity contribution in [2.24, 2.45) is 10.7 Å². The van der Waals surface area contributed by atoms with Crippen LogP contribution in [0.2, 0.25) is 5.02 Å². The summed E-state index contributed by atoms with van der Waals surface area (Å²) in [6, 6.07) is 12.3. The molecule has 2 aromatic carbocycles. The molecule has 1 aliphatic rings. The van der Waals surface area contributed by atoms with Crippen molar-refractivity contribution >= 4 is 29.2 Å². The van der Waals surface area contributed by atoms with Crippen molar-refractivity contribution < 1.29 is 22.6 Å². The second-order valence-electron chi connectivity index (χ2n) is 7.18. The van der Waals surface area contributed by atoms with Gasteiger partial charge in [0, 0.05) is 25.0 Å². The van der Waals surface area contributed by atoms with Gasteiger partial charge in [-0.2, -0.15) is 0 Å². The monoisotopic (exact) mass is 479 g/mol. The molecule has 0 aliphatic carbocycles. The Morgan fingerprint density at radius 3 is 2.70 bits per heavy atom. The van der Waals surface area contributed by atoms with Gasteiger partial charge in [-0.1, -0.05) is 17.7 Å². The van der Waals surface area contributed by atoms with Crippen LogP contribution in [-0.4, -0.2) is 30.4 Å². The fourth-order valence-electron chi connectivity index (χ4n) is 3.35. The van der Waals surface area contributed by atoms with Crippen LogP contribution in [0, 0.1) is 0 Å². The number of halogens is 4. The average molecular weight is 480 g/mol. The predicted octanol–water partition coefficient (Wildman–Crippen LogP) is 5.40. The van der Waals surface area contributed by atoms with Crippen LogP contribution in [0.1, 0.15) is 12.1 Å². The minimum absolute atomic E-state index is 0.160. The molecule has 3 aromatic rings. The van der Waals surface area contributed by atoms with Gasteiger partial charge in [0.1, 0.15) is 23.9 Å². The van der Waals surface area contributed by atoms with E-state index >= 15 is 0 Å². The van der Waals surface area contributed by atoms with Gasteiger partial charge in [0.2, 0.25) is 0 Å². The van der Waals surface area contributed by atoms with Crippen LogP contribution in [0.4, 0.5) is 24.5 Å². The first-order valence-corrected chi connectivity index (χ1v) is 10.5. The van der Waals surface area contributed by atoms with E-state index in [0.717, 1.165) is 30.4 Å². The normalized spacial score (nSPS) is 13.1. The van der Waals surface area contributed by atoms with Crippen LogP contribution >= 0.6 is 11.6 Å². The number of nitrogens with one attached hydrogen (secondary N) is 1. The molecule has 33 heavy (non-hydrogen) atoms. The molecule has 3 N–H and O–H groups in total. The Labute approximate surface area is 193 Å². The van der Waals surface area contributed by atoms with Crippen molar-refractivity contribution in [3.8, 4) is 17.2 Å². The minimum Gasteiger partial charge on any atom is -0.456 e. The van der Waals surface area contributed by atoms with Crippen molar-refractivity contribution in [1.29, 1.82) is 0 Å². The zero-order chi connectivity index (χ0) is 23.4. The number of nitrogens with zero attached hydrogens (tertiary/aromatic N) is 3. The van der Waals surface area contributed by atoms with Gasteiger partial charge in [-0.3, -0.25) is 15.4 Å². The number of rotatable bonds is 8. The van der Waals surface area contributed by atoms with Crippen molar-refractivity contribution in [3.63, 3.8) is 0 Å². The lowest BCUT2D eigenvalue weighted by molar-refractivity contribution is -0.274. The van der Waals surface area contributed by atoms with Crippen LogP contribution < -0.4 is 25.6 Å². The molecule has 0 amide bonds. The van der Waals surface area contributed by atoms with E-state index in [4.69, 9.17) is 22.1 Å². The minimum atomic E-state index is -4.78. The van der Waals surface area contributed by atoms with Crippen LogP contribution in [0.15, 0.2) is 59.7 Å². The van der Waals surface area contributed by atoms with Gasteiger partial charge in [0.15, 0.2) is 0 Å². The lowest BCUT2D eigenvalue weighted by Gasteiger charge is -2.27. The zero-order valence-electron chi connectivity index (χ0n) is 17.3. The van der Waals surface area contributed by atoms with Gasteiger partial charge in [0.25, 0.3) is 0 Å². The number of aliphatic imine (C=N–C) groups is 1. The smallest absolute Gasteiger partial charge is 0.456 e. The first-order chi connectivity index (χ1) is 15.8. The summed E-state index contributed by atoms with van der Waals surface area (Å²) in [4.78, 5) is 4.40. The summed E-state index contributed by atoms with van der Waals surface area (Å²) in [5.74, 6) is 0.0686. The first-order valence-electron chi connectivity index (χ1n) is 10.1. The van der Waals surface area contributed by atoms with Crippen LogP contribution in [0.3, 0.4) is 0 Å². The largest absolute Gasteiger partial charge is 0.573 e. The second kappa shape index (κ2) is 9.63. The molecule has 174 valence electrons. The fourth-order valence-corrected chi connectivity index (χ4v) is 3.57. The number of aromatic nitrogens is 1. The number of fused-ring (bicyclic) bond motifs is 1. The summed E-state index contributed by atoms with van der Waals surface area (Å²) < 4.78 is 49.0. The van der Waals surface area contributed by atoms with Crippen LogP contribution in [0.25, 0.3) is 0 Å². The van der Waals surface area contributed by atoms with E-state index < -0.39 is 6.36 Å². The Hall–Kier alpha value is -3.37. The molecular formula is C22H21ClF3N5O2. The molecule has 1 aromatic heterocycles. The molecule has 0 saturated carbocycles. The van der Waals surface area contributed by atoms with Crippen LogP contribution in [0.5, 0.6) is 17.2 Å². The molecule has 4 rings (SSSR count). The number of alkyl halides is 3. The van der Waals surface area contributed by atoms with Crippen molar-refractivity contribution in [1.82, 2.24) is 4.57 Å². The van der Waals surface area contributed by atoms with Crippen molar-refractivity contribution in [3.05, 3.63) is 65.4 Å². The highest BCUT2D eigenvalue weighted by Gasteiger charge is 2.31. The quantitative estimate of drug-likeness (QED) is 0.452. The lowest BCUT2D eigenvalue weighted by Crippen LogP contribution is -2.33. The average Bonchev–Trinajstić information content (AvgIpc) is 3.17. The summed E-state index contributed by atoms with van der Waals surface area (Å²) in [6.07, 6.45) is -0.0878.